The molecule has 1 saturated heterocycles. The third kappa shape index (κ3) is 4.33. The third-order valence-corrected chi connectivity index (χ3v) is 6.40. The maximum Gasteiger partial charge on any atom is 0.170 e. The molecule has 0 amide bonds. The Bertz CT molecular complexity index is 1540. The minimum atomic E-state index is -0.0265. The van der Waals surface area contributed by atoms with E-state index in [1.165, 1.54) is 0 Å². The van der Waals surface area contributed by atoms with Crippen molar-refractivity contribution in [3.05, 3.63) is 72.6 Å². The molecule has 0 radical (unpaired) electrons. The van der Waals surface area contributed by atoms with Gasteiger partial charge in [-0.1, -0.05) is 12.1 Å². The Morgan fingerprint density at radius 3 is 2.71 bits per heavy atom. The van der Waals surface area contributed by atoms with Crippen LogP contribution in [0.15, 0.2) is 61.2 Å². The van der Waals surface area contributed by atoms with Gasteiger partial charge in [0, 0.05) is 61.3 Å². The molecule has 5 aromatic rings. The normalized spacial score (nSPS) is 14.6. The van der Waals surface area contributed by atoms with Crippen LogP contribution in [0.1, 0.15) is 16.2 Å². The average Bonchev–Trinajstić information content (AvgIpc) is 3.37. The molecule has 35 heavy (non-hydrogen) atoms. The molecule has 1 N–H and O–H groups in total. The van der Waals surface area contributed by atoms with E-state index >= 15 is 0 Å². The molecule has 0 atom stereocenters. The van der Waals surface area contributed by atoms with Crippen molar-refractivity contribution in [2.45, 2.75) is 6.42 Å². The highest BCUT2D eigenvalue weighted by Gasteiger charge is 2.17. The van der Waals surface area contributed by atoms with Crippen molar-refractivity contribution in [3.63, 3.8) is 0 Å². The van der Waals surface area contributed by atoms with Gasteiger partial charge in [-0.3, -0.25) is 9.78 Å². The molecule has 0 spiro atoms. The fourth-order valence-electron chi connectivity index (χ4n) is 4.32. The van der Waals surface area contributed by atoms with E-state index in [-0.39, 0.29) is 12.2 Å². The quantitative estimate of drug-likeness (QED) is 0.396. The molecule has 4 aromatic heterocycles. The van der Waals surface area contributed by atoms with E-state index in [1.54, 1.807) is 24.7 Å². The highest BCUT2D eigenvalue weighted by atomic mass is 16.1. The molecule has 9 nitrogen and oxygen atoms in total. The van der Waals surface area contributed by atoms with E-state index in [0.29, 0.717) is 11.4 Å². The van der Waals surface area contributed by atoms with Crippen LogP contribution >= 0.6 is 0 Å². The van der Waals surface area contributed by atoms with Crippen LogP contribution in [0.5, 0.6) is 0 Å². The number of aromatic amines is 1. The van der Waals surface area contributed by atoms with Crippen molar-refractivity contribution in [1.82, 2.24) is 34.8 Å². The summed E-state index contributed by atoms with van der Waals surface area (Å²) < 4.78 is 0. The average molecular weight is 465 g/mol. The predicted octanol–water partition coefficient (Wildman–Crippen LogP) is 3.14. The van der Waals surface area contributed by atoms with Gasteiger partial charge in [0.25, 0.3) is 0 Å². The molecule has 6 rings (SSSR count). The van der Waals surface area contributed by atoms with Crippen LogP contribution < -0.4 is 4.90 Å². The zero-order valence-corrected chi connectivity index (χ0v) is 19.3. The number of Topliss-reactive ketones (excluding diaryl/α,β-unsaturated/α-hetero) is 1. The Kier molecular flexibility index (Phi) is 5.38. The Morgan fingerprint density at radius 1 is 0.943 bits per heavy atom. The molecule has 0 bridgehead atoms. The number of nitrogens with one attached hydrogen (secondary N) is 1. The number of ketones is 1. The summed E-state index contributed by atoms with van der Waals surface area (Å²) in [5.41, 5.74) is 4.62. The number of anilines is 1. The smallest absolute Gasteiger partial charge is 0.170 e. The molecule has 0 aliphatic carbocycles. The first-order chi connectivity index (χ1) is 17.1. The number of pyridine rings is 1. The number of nitrogens with zero attached hydrogens (tertiary/aromatic N) is 7. The van der Waals surface area contributed by atoms with Gasteiger partial charge in [-0.2, -0.15) is 0 Å². The summed E-state index contributed by atoms with van der Waals surface area (Å²) in [4.78, 5) is 43.4. The second kappa shape index (κ2) is 8.84. The lowest BCUT2D eigenvalue weighted by molar-refractivity contribution is 0.0991. The number of carbonyl (C=O) groups is 1. The number of benzene rings is 1. The van der Waals surface area contributed by atoms with Crippen molar-refractivity contribution < 1.29 is 4.79 Å². The maximum atomic E-state index is 13.1. The van der Waals surface area contributed by atoms with Crippen LogP contribution in [-0.4, -0.2) is 73.8 Å². The number of carbonyl (C=O) groups excluding carboxylic acids is 1. The van der Waals surface area contributed by atoms with Crippen LogP contribution in [0, 0.1) is 0 Å². The van der Waals surface area contributed by atoms with Gasteiger partial charge in [0.1, 0.15) is 17.2 Å². The van der Waals surface area contributed by atoms with Gasteiger partial charge >= 0.3 is 0 Å². The highest BCUT2D eigenvalue weighted by Crippen LogP contribution is 2.23. The fraction of sp³-hybridized carbons (Fsp3) is 0.231. The van der Waals surface area contributed by atoms with Crippen molar-refractivity contribution in [3.8, 4) is 11.3 Å². The number of aromatic nitrogens is 6. The molecule has 1 aromatic carbocycles. The zero-order chi connectivity index (χ0) is 23.8. The van der Waals surface area contributed by atoms with E-state index in [9.17, 15) is 4.79 Å². The molecule has 1 aliphatic rings. The summed E-state index contributed by atoms with van der Waals surface area (Å²) in [6, 6.07) is 11.4. The number of H-pyrrole nitrogens is 1. The lowest BCUT2D eigenvalue weighted by atomic mass is 10.1. The lowest BCUT2D eigenvalue weighted by Crippen LogP contribution is -2.44. The van der Waals surface area contributed by atoms with Crippen molar-refractivity contribution in [1.29, 1.82) is 0 Å². The SMILES string of the molecule is CN1CCN(c2cc(C(=O)Cc3ncc4ccc(-c5cnc6cc[nH]c6n5)cc4n3)ccn2)CC1. The Labute approximate surface area is 201 Å². The number of likely N-dealkylation sites (N-methyl/N-ethyl adjacent to an activating group) is 1. The van der Waals surface area contributed by atoms with Gasteiger partial charge in [0.2, 0.25) is 0 Å². The summed E-state index contributed by atoms with van der Waals surface area (Å²) in [6.45, 7) is 3.77. The van der Waals surface area contributed by atoms with Crippen LogP contribution in [0.25, 0.3) is 33.3 Å². The van der Waals surface area contributed by atoms with Gasteiger partial charge in [-0.05, 0) is 31.3 Å². The van der Waals surface area contributed by atoms with Crippen molar-refractivity contribution in [2.75, 3.05) is 38.1 Å². The van der Waals surface area contributed by atoms with Gasteiger partial charge in [-0.25, -0.2) is 19.9 Å². The zero-order valence-electron chi connectivity index (χ0n) is 19.3. The van der Waals surface area contributed by atoms with E-state index < -0.39 is 0 Å². The monoisotopic (exact) mass is 464 g/mol. The fourth-order valence-corrected chi connectivity index (χ4v) is 4.32. The van der Waals surface area contributed by atoms with Gasteiger partial charge in [0.05, 0.1) is 23.8 Å². The van der Waals surface area contributed by atoms with Gasteiger partial charge in [-0.15, -0.1) is 0 Å². The summed E-state index contributed by atoms with van der Waals surface area (Å²) in [5.74, 6) is 1.30. The standard InChI is InChI=1S/C26H24N8O/c1-33-8-10-34(11-9-33)25-13-18(4-6-27-25)23(35)14-24-30-15-19-3-2-17(12-21(19)31-24)22-16-29-20-5-7-28-26(20)32-22/h2-7,12-13,15-16H,8-11,14H2,1H3,(H,28,32). The molecular formula is C26H24N8O. The lowest BCUT2D eigenvalue weighted by Gasteiger charge is -2.33. The van der Waals surface area contributed by atoms with Crippen LogP contribution in [0.2, 0.25) is 0 Å². The summed E-state index contributed by atoms with van der Waals surface area (Å²) in [7, 11) is 2.12. The molecule has 1 fully saturated rings. The molecule has 0 saturated carbocycles. The maximum absolute atomic E-state index is 13.1. The molecular weight excluding hydrogens is 440 g/mol. The number of rotatable bonds is 5. The largest absolute Gasteiger partial charge is 0.354 e. The van der Waals surface area contributed by atoms with Gasteiger partial charge < -0.3 is 14.8 Å². The Balaban J connectivity index is 1.24. The van der Waals surface area contributed by atoms with Gasteiger partial charge in [0.15, 0.2) is 11.4 Å². The van der Waals surface area contributed by atoms with E-state index in [0.717, 1.165) is 65.3 Å². The van der Waals surface area contributed by atoms with Crippen molar-refractivity contribution in [2.24, 2.45) is 0 Å². The molecule has 1 aliphatic heterocycles. The number of hydrogen-bond donors (Lipinski definition) is 1. The first-order valence-corrected chi connectivity index (χ1v) is 11.6. The van der Waals surface area contributed by atoms with Crippen LogP contribution in [0.4, 0.5) is 5.82 Å². The first kappa shape index (κ1) is 21.3. The predicted molar refractivity (Wildman–Crippen MR) is 134 cm³/mol. The third-order valence-electron chi connectivity index (χ3n) is 6.40. The summed E-state index contributed by atoms with van der Waals surface area (Å²) in [5, 5.41) is 0.903. The molecule has 174 valence electrons. The van der Waals surface area contributed by atoms with Crippen LogP contribution in [-0.2, 0) is 6.42 Å². The number of hydrogen-bond acceptors (Lipinski definition) is 8. The minimum Gasteiger partial charge on any atom is -0.354 e. The minimum absolute atomic E-state index is 0.0265. The molecule has 0 unspecified atom stereocenters. The second-order valence-corrected chi connectivity index (χ2v) is 8.82. The first-order valence-electron chi connectivity index (χ1n) is 11.6. The Morgan fingerprint density at radius 2 is 1.83 bits per heavy atom. The second-order valence-electron chi connectivity index (χ2n) is 8.82. The van der Waals surface area contributed by atoms with E-state index in [4.69, 9.17) is 0 Å². The summed E-state index contributed by atoms with van der Waals surface area (Å²) in [6.07, 6.45) is 7.17. The molecule has 9 heteroatoms. The van der Waals surface area contributed by atoms with Crippen molar-refractivity contribution >= 4 is 33.7 Å². The molecule has 5 heterocycles. The highest BCUT2D eigenvalue weighted by molar-refractivity contribution is 5.98. The summed E-state index contributed by atoms with van der Waals surface area (Å²) >= 11 is 0. The Hall–Kier alpha value is -4.24. The van der Waals surface area contributed by atoms with E-state index in [2.05, 4.69) is 46.8 Å². The number of piperazine rings is 1. The van der Waals surface area contributed by atoms with Crippen LogP contribution in [0.3, 0.4) is 0 Å². The van der Waals surface area contributed by atoms with E-state index in [1.807, 2.05) is 36.5 Å². The number of fused-ring (bicyclic) bond motifs is 2. The topological polar surface area (TPSA) is 104 Å².